The quantitative estimate of drug-likeness (QED) is 0.457. The van der Waals surface area contributed by atoms with Crippen molar-refractivity contribution in [3.63, 3.8) is 0 Å². The van der Waals surface area contributed by atoms with Crippen LogP contribution in [0.3, 0.4) is 0 Å². The highest BCUT2D eigenvalue weighted by atomic mass is 32.1. The van der Waals surface area contributed by atoms with Crippen LogP contribution in [0.15, 0.2) is 24.3 Å². The van der Waals surface area contributed by atoms with Gasteiger partial charge in [-0.05, 0) is 30.1 Å². The average Bonchev–Trinajstić information content (AvgIpc) is 3.00. The number of amides is 1. The van der Waals surface area contributed by atoms with Crippen LogP contribution in [0, 0.1) is 10.1 Å². The van der Waals surface area contributed by atoms with Crippen molar-refractivity contribution in [2.24, 2.45) is 0 Å². The fraction of sp³-hybridized carbons (Fsp3) is 0.308. The first-order valence-corrected chi connectivity index (χ1v) is 7.47. The molecule has 116 valence electrons. The van der Waals surface area contributed by atoms with Crippen molar-refractivity contribution < 1.29 is 9.72 Å². The fourth-order valence-electron chi connectivity index (χ4n) is 1.78. The van der Waals surface area contributed by atoms with E-state index in [0.717, 1.165) is 17.2 Å². The number of hydrogen-bond acceptors (Lipinski definition) is 7. The molecule has 2 rings (SSSR count). The van der Waals surface area contributed by atoms with E-state index in [0.29, 0.717) is 30.1 Å². The molecular weight excluding hydrogens is 306 g/mol. The summed E-state index contributed by atoms with van der Waals surface area (Å²) >= 11 is 1.08. The van der Waals surface area contributed by atoms with Gasteiger partial charge in [-0.3, -0.25) is 14.9 Å². The topological polar surface area (TPSA) is 110 Å². The Morgan fingerprint density at radius 3 is 2.68 bits per heavy atom. The minimum absolute atomic E-state index is 0.0450. The number of nitrogens with zero attached hydrogens (tertiary/aromatic N) is 3. The highest BCUT2D eigenvalue weighted by Gasteiger charge is 2.14. The number of hydrogen-bond donors (Lipinski definition) is 2. The Kier molecular flexibility index (Phi) is 5.37. The molecule has 0 saturated heterocycles. The van der Waals surface area contributed by atoms with Gasteiger partial charge >= 0.3 is 0 Å². The van der Waals surface area contributed by atoms with Crippen molar-refractivity contribution >= 4 is 28.8 Å². The molecule has 1 amide bonds. The predicted molar refractivity (Wildman–Crippen MR) is 83.2 cm³/mol. The summed E-state index contributed by atoms with van der Waals surface area (Å²) in [6.45, 7) is 2.86. The molecule has 0 radical (unpaired) electrons. The molecule has 0 aliphatic carbocycles. The van der Waals surface area contributed by atoms with Crippen LogP contribution in [-0.2, 0) is 6.42 Å². The second-order valence-electron chi connectivity index (χ2n) is 4.39. The molecule has 0 fully saturated rings. The standard InChI is InChI=1S/C13H15N5O3S/c1-2-11-12(22-17-16-11)13(19)15-8-7-14-9-3-5-10(6-4-9)18(20)21/h3-6,14H,2,7-8H2,1H3,(H,15,19). The third-order valence-electron chi connectivity index (χ3n) is 2.91. The van der Waals surface area contributed by atoms with E-state index >= 15 is 0 Å². The number of aryl methyl sites for hydroxylation is 1. The van der Waals surface area contributed by atoms with Gasteiger partial charge in [0.15, 0.2) is 0 Å². The minimum Gasteiger partial charge on any atom is -0.383 e. The van der Waals surface area contributed by atoms with Gasteiger partial charge in [-0.1, -0.05) is 11.4 Å². The second-order valence-corrected chi connectivity index (χ2v) is 5.14. The third kappa shape index (κ3) is 3.98. The molecule has 0 aliphatic rings. The van der Waals surface area contributed by atoms with E-state index in [4.69, 9.17) is 0 Å². The van der Waals surface area contributed by atoms with E-state index in [9.17, 15) is 14.9 Å². The molecular formula is C13H15N5O3S. The van der Waals surface area contributed by atoms with E-state index in [1.807, 2.05) is 6.92 Å². The molecule has 0 unspecified atom stereocenters. The summed E-state index contributed by atoms with van der Waals surface area (Å²) in [5.41, 5.74) is 1.50. The summed E-state index contributed by atoms with van der Waals surface area (Å²) in [7, 11) is 0. The number of benzene rings is 1. The highest BCUT2D eigenvalue weighted by Crippen LogP contribution is 2.15. The van der Waals surface area contributed by atoms with Gasteiger partial charge in [0.1, 0.15) is 4.88 Å². The number of carbonyl (C=O) groups is 1. The van der Waals surface area contributed by atoms with Crippen LogP contribution >= 0.6 is 11.5 Å². The van der Waals surface area contributed by atoms with Gasteiger partial charge in [0, 0.05) is 30.9 Å². The van der Waals surface area contributed by atoms with Gasteiger partial charge in [0.2, 0.25) is 0 Å². The number of nitrogens with one attached hydrogen (secondary N) is 2. The molecule has 2 aromatic rings. The molecule has 0 spiro atoms. The molecule has 22 heavy (non-hydrogen) atoms. The first kappa shape index (κ1) is 15.8. The van der Waals surface area contributed by atoms with Crippen LogP contribution < -0.4 is 10.6 Å². The van der Waals surface area contributed by atoms with Gasteiger partial charge in [0.25, 0.3) is 11.6 Å². The van der Waals surface area contributed by atoms with Crippen molar-refractivity contribution in [1.29, 1.82) is 0 Å². The molecule has 8 nitrogen and oxygen atoms in total. The third-order valence-corrected chi connectivity index (χ3v) is 3.68. The lowest BCUT2D eigenvalue weighted by molar-refractivity contribution is -0.384. The summed E-state index contributed by atoms with van der Waals surface area (Å²) in [6, 6.07) is 6.11. The van der Waals surface area contributed by atoms with E-state index in [1.165, 1.54) is 12.1 Å². The largest absolute Gasteiger partial charge is 0.383 e. The molecule has 1 aromatic carbocycles. The predicted octanol–water partition coefficient (Wildman–Crippen LogP) is 1.85. The van der Waals surface area contributed by atoms with Crippen LogP contribution in [-0.4, -0.2) is 33.5 Å². The van der Waals surface area contributed by atoms with Gasteiger partial charge in [0.05, 0.1) is 10.6 Å². The van der Waals surface area contributed by atoms with Crippen molar-refractivity contribution in [2.45, 2.75) is 13.3 Å². The van der Waals surface area contributed by atoms with Crippen molar-refractivity contribution in [2.75, 3.05) is 18.4 Å². The first-order chi connectivity index (χ1) is 10.6. The monoisotopic (exact) mass is 321 g/mol. The number of non-ortho nitro benzene ring substituents is 1. The summed E-state index contributed by atoms with van der Waals surface area (Å²) in [5.74, 6) is -0.183. The Labute approximate surface area is 130 Å². The van der Waals surface area contributed by atoms with Gasteiger partial charge in [-0.2, -0.15) is 0 Å². The lowest BCUT2D eigenvalue weighted by Gasteiger charge is -2.07. The van der Waals surface area contributed by atoms with Crippen LogP contribution in [0.4, 0.5) is 11.4 Å². The molecule has 0 atom stereocenters. The smallest absolute Gasteiger partial charge is 0.269 e. The average molecular weight is 321 g/mol. The Bertz CT molecular complexity index is 656. The lowest BCUT2D eigenvalue weighted by Crippen LogP contribution is -2.28. The van der Waals surface area contributed by atoms with Crippen LogP contribution in [0.25, 0.3) is 0 Å². The number of rotatable bonds is 7. The zero-order valence-corrected chi connectivity index (χ0v) is 12.7. The fourth-order valence-corrected chi connectivity index (χ4v) is 2.44. The summed E-state index contributed by atoms with van der Waals surface area (Å²) < 4.78 is 3.77. The molecule has 1 heterocycles. The number of carbonyl (C=O) groups excluding carboxylic acids is 1. The summed E-state index contributed by atoms with van der Waals surface area (Å²) in [4.78, 5) is 22.6. The Balaban J connectivity index is 1.77. The number of nitro groups is 1. The molecule has 9 heteroatoms. The molecule has 0 saturated carbocycles. The maximum Gasteiger partial charge on any atom is 0.269 e. The van der Waals surface area contributed by atoms with E-state index < -0.39 is 4.92 Å². The van der Waals surface area contributed by atoms with Gasteiger partial charge < -0.3 is 10.6 Å². The summed E-state index contributed by atoms with van der Waals surface area (Å²) in [6.07, 6.45) is 0.667. The molecule has 2 N–H and O–H groups in total. The SMILES string of the molecule is CCc1nnsc1C(=O)NCCNc1ccc([N+](=O)[O-])cc1. The van der Waals surface area contributed by atoms with Gasteiger partial charge in [-0.15, -0.1) is 5.10 Å². The Hall–Kier alpha value is -2.55. The van der Waals surface area contributed by atoms with Crippen LogP contribution in [0.2, 0.25) is 0 Å². The first-order valence-electron chi connectivity index (χ1n) is 6.69. The van der Waals surface area contributed by atoms with Crippen molar-refractivity contribution in [3.8, 4) is 0 Å². The van der Waals surface area contributed by atoms with Crippen molar-refractivity contribution in [1.82, 2.24) is 14.9 Å². The Morgan fingerprint density at radius 1 is 1.32 bits per heavy atom. The Morgan fingerprint density at radius 2 is 2.05 bits per heavy atom. The maximum atomic E-state index is 11.9. The lowest BCUT2D eigenvalue weighted by atomic mass is 10.3. The zero-order chi connectivity index (χ0) is 15.9. The van der Waals surface area contributed by atoms with Crippen LogP contribution in [0.5, 0.6) is 0 Å². The highest BCUT2D eigenvalue weighted by molar-refractivity contribution is 7.08. The second kappa shape index (κ2) is 7.46. The van der Waals surface area contributed by atoms with E-state index in [2.05, 4.69) is 20.2 Å². The number of aromatic nitrogens is 2. The maximum absolute atomic E-state index is 11.9. The minimum atomic E-state index is -0.446. The molecule has 0 bridgehead atoms. The van der Waals surface area contributed by atoms with E-state index in [-0.39, 0.29) is 11.6 Å². The number of nitro benzene ring substituents is 1. The zero-order valence-electron chi connectivity index (χ0n) is 11.9. The van der Waals surface area contributed by atoms with Gasteiger partial charge in [-0.25, -0.2) is 0 Å². The van der Waals surface area contributed by atoms with Crippen molar-refractivity contribution in [3.05, 3.63) is 45.0 Å². The molecule has 0 aliphatic heterocycles. The molecule has 1 aromatic heterocycles. The summed E-state index contributed by atoms with van der Waals surface area (Å²) in [5, 5.41) is 20.3. The number of anilines is 1. The van der Waals surface area contributed by atoms with E-state index in [1.54, 1.807) is 12.1 Å². The van der Waals surface area contributed by atoms with Crippen LogP contribution in [0.1, 0.15) is 22.3 Å². The normalized spacial score (nSPS) is 10.2.